The SMILES string of the molecule is O=C(COc1c(Cl)cc(Cl)cc1Cl)N/N=C/c1cc(Br)c(O)cc1O. The highest BCUT2D eigenvalue weighted by molar-refractivity contribution is 9.10. The second-order valence-corrected chi connectivity index (χ2v) is 6.75. The second kappa shape index (κ2) is 8.62. The number of phenols is 2. The largest absolute Gasteiger partial charge is 0.507 e. The van der Waals surface area contributed by atoms with Gasteiger partial charge in [0.2, 0.25) is 0 Å². The Kier molecular flexibility index (Phi) is 6.78. The minimum Gasteiger partial charge on any atom is -0.507 e. The van der Waals surface area contributed by atoms with Crippen molar-refractivity contribution in [2.75, 3.05) is 6.61 Å². The summed E-state index contributed by atoms with van der Waals surface area (Å²) in [7, 11) is 0. The van der Waals surface area contributed by atoms with Gasteiger partial charge < -0.3 is 14.9 Å². The van der Waals surface area contributed by atoms with Crippen LogP contribution in [0.25, 0.3) is 0 Å². The molecule has 10 heteroatoms. The highest BCUT2D eigenvalue weighted by Crippen LogP contribution is 2.35. The van der Waals surface area contributed by atoms with E-state index in [1.165, 1.54) is 24.4 Å². The van der Waals surface area contributed by atoms with E-state index in [0.29, 0.717) is 9.50 Å². The zero-order valence-electron chi connectivity index (χ0n) is 12.3. The second-order valence-electron chi connectivity index (χ2n) is 4.64. The van der Waals surface area contributed by atoms with Gasteiger partial charge in [0, 0.05) is 16.7 Å². The number of nitrogens with one attached hydrogen (secondary N) is 1. The van der Waals surface area contributed by atoms with E-state index in [2.05, 4.69) is 26.5 Å². The first-order chi connectivity index (χ1) is 11.8. The average molecular weight is 469 g/mol. The molecule has 2 aromatic carbocycles. The molecule has 0 unspecified atom stereocenters. The molecule has 0 radical (unpaired) electrons. The molecular formula is C15H10BrCl3N2O4. The van der Waals surface area contributed by atoms with E-state index in [-0.39, 0.29) is 39.5 Å². The molecule has 0 aromatic heterocycles. The fourth-order valence-electron chi connectivity index (χ4n) is 1.68. The number of benzene rings is 2. The van der Waals surface area contributed by atoms with E-state index in [1.54, 1.807) is 0 Å². The van der Waals surface area contributed by atoms with Gasteiger partial charge >= 0.3 is 0 Å². The molecule has 0 heterocycles. The molecule has 25 heavy (non-hydrogen) atoms. The summed E-state index contributed by atoms with van der Waals surface area (Å²) in [5.41, 5.74) is 2.50. The number of halogens is 4. The minimum atomic E-state index is -0.573. The van der Waals surface area contributed by atoms with Crippen LogP contribution in [-0.4, -0.2) is 28.9 Å². The summed E-state index contributed by atoms with van der Waals surface area (Å²) in [6, 6.07) is 5.45. The van der Waals surface area contributed by atoms with Crippen molar-refractivity contribution in [3.63, 3.8) is 0 Å². The number of phenolic OH excluding ortho intramolecular Hbond substituents is 2. The highest BCUT2D eigenvalue weighted by Gasteiger charge is 2.11. The first kappa shape index (κ1) is 19.7. The van der Waals surface area contributed by atoms with Gasteiger partial charge in [-0.05, 0) is 34.1 Å². The Balaban J connectivity index is 1.94. The van der Waals surface area contributed by atoms with E-state index < -0.39 is 5.91 Å². The van der Waals surface area contributed by atoms with E-state index in [4.69, 9.17) is 39.5 Å². The van der Waals surface area contributed by atoms with Gasteiger partial charge in [0.15, 0.2) is 12.4 Å². The number of nitrogens with zero attached hydrogens (tertiary/aromatic N) is 1. The summed E-state index contributed by atoms with van der Waals surface area (Å²) >= 11 is 20.8. The number of hydrazone groups is 1. The van der Waals surface area contributed by atoms with Crippen LogP contribution in [-0.2, 0) is 4.79 Å². The van der Waals surface area contributed by atoms with E-state index in [1.807, 2.05) is 0 Å². The average Bonchev–Trinajstić information content (AvgIpc) is 2.51. The molecule has 2 rings (SSSR count). The van der Waals surface area contributed by atoms with Gasteiger partial charge in [0.1, 0.15) is 11.5 Å². The third-order valence-corrected chi connectivity index (χ3v) is 4.21. The van der Waals surface area contributed by atoms with Crippen LogP contribution in [0.5, 0.6) is 17.2 Å². The molecule has 0 spiro atoms. The van der Waals surface area contributed by atoms with Crippen LogP contribution in [0.3, 0.4) is 0 Å². The first-order valence-electron chi connectivity index (χ1n) is 6.58. The predicted octanol–water partition coefficient (Wildman–Crippen LogP) is 4.35. The summed E-state index contributed by atoms with van der Waals surface area (Å²) in [6.07, 6.45) is 1.21. The zero-order chi connectivity index (χ0) is 18.6. The fraction of sp³-hybridized carbons (Fsp3) is 0.0667. The normalized spacial score (nSPS) is 10.9. The number of hydrogen-bond donors (Lipinski definition) is 3. The molecule has 0 aliphatic rings. The zero-order valence-corrected chi connectivity index (χ0v) is 16.1. The molecule has 6 nitrogen and oxygen atoms in total. The number of carbonyl (C=O) groups is 1. The summed E-state index contributed by atoms with van der Waals surface area (Å²) in [6.45, 7) is -0.385. The smallest absolute Gasteiger partial charge is 0.277 e. The Bertz CT molecular complexity index is 823. The molecule has 0 bridgehead atoms. The van der Waals surface area contributed by atoms with Gasteiger partial charge in [0.05, 0.1) is 20.7 Å². The lowest BCUT2D eigenvalue weighted by atomic mass is 10.2. The lowest BCUT2D eigenvalue weighted by Gasteiger charge is -2.09. The molecule has 132 valence electrons. The number of amides is 1. The third-order valence-electron chi connectivity index (χ3n) is 2.80. The Labute approximate surface area is 166 Å². The Morgan fingerprint density at radius 1 is 1.16 bits per heavy atom. The van der Waals surface area contributed by atoms with Crippen molar-refractivity contribution in [1.82, 2.24) is 5.43 Å². The van der Waals surface area contributed by atoms with Crippen molar-refractivity contribution in [2.45, 2.75) is 0 Å². The molecule has 0 saturated carbocycles. The van der Waals surface area contributed by atoms with Crippen molar-refractivity contribution >= 4 is 62.9 Å². The lowest BCUT2D eigenvalue weighted by molar-refractivity contribution is -0.123. The lowest BCUT2D eigenvalue weighted by Crippen LogP contribution is -2.24. The van der Waals surface area contributed by atoms with Crippen LogP contribution < -0.4 is 10.2 Å². The van der Waals surface area contributed by atoms with Gasteiger partial charge in [-0.15, -0.1) is 0 Å². The molecule has 1 amide bonds. The Hall–Kier alpha value is -1.67. The number of hydrogen-bond acceptors (Lipinski definition) is 5. The quantitative estimate of drug-likeness (QED) is 0.450. The molecule has 0 atom stereocenters. The Morgan fingerprint density at radius 2 is 1.80 bits per heavy atom. The van der Waals surface area contributed by atoms with Gasteiger partial charge in [-0.2, -0.15) is 5.10 Å². The molecule has 0 saturated heterocycles. The van der Waals surface area contributed by atoms with E-state index >= 15 is 0 Å². The van der Waals surface area contributed by atoms with Crippen LogP contribution in [0.2, 0.25) is 15.1 Å². The summed E-state index contributed by atoms with van der Waals surface area (Å²) in [5, 5.41) is 23.5. The number of carbonyl (C=O) groups excluding carboxylic acids is 1. The van der Waals surface area contributed by atoms with Crippen LogP contribution in [0.4, 0.5) is 0 Å². The van der Waals surface area contributed by atoms with Crippen molar-refractivity contribution in [3.8, 4) is 17.2 Å². The summed E-state index contributed by atoms with van der Waals surface area (Å²) in [5.74, 6) is -0.763. The van der Waals surface area contributed by atoms with Crippen LogP contribution in [0.1, 0.15) is 5.56 Å². The monoisotopic (exact) mass is 466 g/mol. The van der Waals surface area contributed by atoms with Gasteiger partial charge in [-0.25, -0.2) is 5.43 Å². The Morgan fingerprint density at radius 3 is 2.44 bits per heavy atom. The summed E-state index contributed by atoms with van der Waals surface area (Å²) < 4.78 is 5.62. The molecule has 0 aliphatic carbocycles. The standard InChI is InChI=1S/C15H10BrCl3N2O4/c16-9-1-7(12(22)4-13(9)23)5-20-21-14(24)6-25-15-10(18)2-8(17)3-11(15)19/h1-5,22-23H,6H2,(H,21,24)/b20-5+. The highest BCUT2D eigenvalue weighted by atomic mass is 79.9. The summed E-state index contributed by atoms with van der Waals surface area (Å²) in [4.78, 5) is 11.7. The maximum atomic E-state index is 11.7. The maximum Gasteiger partial charge on any atom is 0.277 e. The van der Waals surface area contributed by atoms with Crippen LogP contribution in [0.15, 0.2) is 33.8 Å². The fourth-order valence-corrected chi connectivity index (χ4v) is 2.97. The van der Waals surface area contributed by atoms with Gasteiger partial charge in [-0.3, -0.25) is 4.79 Å². The maximum absolute atomic E-state index is 11.7. The number of ether oxygens (including phenoxy) is 1. The van der Waals surface area contributed by atoms with E-state index in [9.17, 15) is 15.0 Å². The van der Waals surface area contributed by atoms with Crippen LogP contribution >= 0.6 is 50.7 Å². The van der Waals surface area contributed by atoms with Gasteiger partial charge in [-0.1, -0.05) is 34.8 Å². The molecule has 0 fully saturated rings. The molecule has 2 aromatic rings. The van der Waals surface area contributed by atoms with Gasteiger partial charge in [0.25, 0.3) is 5.91 Å². The molecular weight excluding hydrogens is 458 g/mol. The van der Waals surface area contributed by atoms with E-state index in [0.717, 1.165) is 6.07 Å². The number of rotatable bonds is 5. The molecule has 3 N–H and O–H groups in total. The van der Waals surface area contributed by atoms with Crippen LogP contribution in [0, 0.1) is 0 Å². The van der Waals surface area contributed by atoms with Crippen molar-refractivity contribution < 1.29 is 19.7 Å². The number of aromatic hydroxyl groups is 2. The van der Waals surface area contributed by atoms with Crippen molar-refractivity contribution in [1.29, 1.82) is 0 Å². The predicted molar refractivity (Wildman–Crippen MR) is 100 cm³/mol. The minimum absolute atomic E-state index is 0.121. The third kappa shape index (κ3) is 5.40. The first-order valence-corrected chi connectivity index (χ1v) is 8.51. The van der Waals surface area contributed by atoms with Crippen molar-refractivity contribution in [3.05, 3.63) is 49.4 Å². The van der Waals surface area contributed by atoms with Crippen molar-refractivity contribution in [2.24, 2.45) is 5.10 Å². The molecule has 0 aliphatic heterocycles. The topological polar surface area (TPSA) is 91.2 Å².